The minimum absolute atomic E-state index is 0.0352. The van der Waals surface area contributed by atoms with Gasteiger partial charge in [0.25, 0.3) is 10.0 Å². The highest BCUT2D eigenvalue weighted by atomic mass is 32.2. The first kappa shape index (κ1) is 24.1. The van der Waals surface area contributed by atoms with E-state index in [0.717, 1.165) is 15.9 Å². The summed E-state index contributed by atoms with van der Waals surface area (Å²) >= 11 is 0. The fourth-order valence-corrected chi connectivity index (χ4v) is 4.44. The third kappa shape index (κ3) is 6.23. The number of nitrogens with zero attached hydrogens (tertiary/aromatic N) is 1. The van der Waals surface area contributed by atoms with Crippen molar-refractivity contribution in [2.45, 2.75) is 11.8 Å². The van der Waals surface area contributed by atoms with E-state index < -0.39 is 28.3 Å². The average molecular weight is 473 g/mol. The van der Waals surface area contributed by atoms with Gasteiger partial charge in [0.1, 0.15) is 30.5 Å². The second kappa shape index (κ2) is 10.8. The van der Waals surface area contributed by atoms with Crippen molar-refractivity contribution in [2.75, 3.05) is 31.1 Å². The van der Waals surface area contributed by atoms with Crippen LogP contribution in [0.5, 0.6) is 11.5 Å². The van der Waals surface area contributed by atoms with Gasteiger partial charge in [-0.3, -0.25) is 9.10 Å². The molecular formula is C24H25FN2O5S. The van der Waals surface area contributed by atoms with Gasteiger partial charge in [0.2, 0.25) is 5.91 Å². The predicted molar refractivity (Wildman–Crippen MR) is 124 cm³/mol. The van der Waals surface area contributed by atoms with Gasteiger partial charge < -0.3 is 14.8 Å². The first-order chi connectivity index (χ1) is 15.8. The van der Waals surface area contributed by atoms with E-state index in [4.69, 9.17) is 9.47 Å². The Kier molecular flexibility index (Phi) is 7.89. The summed E-state index contributed by atoms with van der Waals surface area (Å²) in [5, 5.41) is 2.61. The number of sulfonamides is 1. The zero-order chi connectivity index (χ0) is 23.8. The Morgan fingerprint density at radius 3 is 2.24 bits per heavy atom. The Balaban J connectivity index is 1.68. The smallest absolute Gasteiger partial charge is 0.264 e. The van der Waals surface area contributed by atoms with Crippen molar-refractivity contribution >= 4 is 21.6 Å². The minimum Gasteiger partial charge on any atom is -0.497 e. The second-order valence-corrected chi connectivity index (χ2v) is 9.01. The normalized spacial score (nSPS) is 11.0. The summed E-state index contributed by atoms with van der Waals surface area (Å²) in [6, 6.07) is 18.5. The number of methoxy groups -OCH3 is 1. The Bertz CT molecular complexity index is 1180. The van der Waals surface area contributed by atoms with Crippen molar-refractivity contribution in [1.82, 2.24) is 5.32 Å². The lowest BCUT2D eigenvalue weighted by atomic mass is 10.2. The molecule has 0 saturated carbocycles. The summed E-state index contributed by atoms with van der Waals surface area (Å²) in [6.07, 6.45) is 0. The highest BCUT2D eigenvalue weighted by Gasteiger charge is 2.29. The van der Waals surface area contributed by atoms with Crippen molar-refractivity contribution in [2.24, 2.45) is 0 Å². The maximum absolute atomic E-state index is 14.5. The SMILES string of the molecule is COc1ccc(OCCNC(=O)CN(c2ccccc2F)S(=O)(=O)c2ccc(C)cc2)cc1. The first-order valence-corrected chi connectivity index (χ1v) is 11.6. The molecule has 0 saturated heterocycles. The van der Waals surface area contributed by atoms with Crippen LogP contribution in [0.25, 0.3) is 0 Å². The largest absolute Gasteiger partial charge is 0.497 e. The molecule has 33 heavy (non-hydrogen) atoms. The topological polar surface area (TPSA) is 84.9 Å². The molecule has 0 aliphatic heterocycles. The molecule has 0 atom stereocenters. The lowest BCUT2D eigenvalue weighted by Gasteiger charge is -2.24. The molecule has 0 bridgehead atoms. The van der Waals surface area contributed by atoms with E-state index in [1.54, 1.807) is 43.5 Å². The van der Waals surface area contributed by atoms with Gasteiger partial charge in [-0.25, -0.2) is 12.8 Å². The summed E-state index contributed by atoms with van der Waals surface area (Å²) in [5.74, 6) is -0.0465. The third-order valence-electron chi connectivity index (χ3n) is 4.77. The third-order valence-corrected chi connectivity index (χ3v) is 6.54. The molecule has 3 aromatic carbocycles. The molecular weight excluding hydrogens is 447 g/mol. The van der Waals surface area contributed by atoms with Crippen LogP contribution in [0.4, 0.5) is 10.1 Å². The van der Waals surface area contributed by atoms with E-state index in [1.165, 1.54) is 30.3 Å². The summed E-state index contributed by atoms with van der Waals surface area (Å²) in [7, 11) is -2.61. The number of rotatable bonds is 10. The number of carbonyl (C=O) groups excluding carboxylic acids is 1. The molecule has 3 aromatic rings. The average Bonchev–Trinajstić information content (AvgIpc) is 2.81. The van der Waals surface area contributed by atoms with E-state index in [9.17, 15) is 17.6 Å². The summed E-state index contributed by atoms with van der Waals surface area (Å²) < 4.78 is 52.4. The molecule has 174 valence electrons. The highest BCUT2D eigenvalue weighted by molar-refractivity contribution is 7.92. The van der Waals surface area contributed by atoms with Crippen LogP contribution >= 0.6 is 0 Å². The molecule has 0 heterocycles. The van der Waals surface area contributed by atoms with E-state index in [2.05, 4.69) is 5.32 Å². The van der Waals surface area contributed by atoms with E-state index >= 15 is 0 Å². The van der Waals surface area contributed by atoms with Gasteiger partial charge in [-0.1, -0.05) is 29.8 Å². The second-order valence-electron chi connectivity index (χ2n) is 7.15. The van der Waals surface area contributed by atoms with Crippen LogP contribution in [0, 0.1) is 12.7 Å². The van der Waals surface area contributed by atoms with Crippen molar-refractivity contribution < 1.29 is 27.1 Å². The number of ether oxygens (including phenoxy) is 2. The summed E-state index contributed by atoms with van der Waals surface area (Å²) in [4.78, 5) is 12.5. The standard InChI is InChI=1S/C24H25FN2O5S/c1-18-7-13-21(14-8-18)33(29,30)27(23-6-4-3-5-22(23)25)17-24(28)26-15-16-32-20-11-9-19(31-2)10-12-20/h3-14H,15-17H2,1-2H3,(H,26,28). The van der Waals surface area contributed by atoms with Crippen LogP contribution in [0.1, 0.15) is 5.56 Å². The van der Waals surface area contributed by atoms with Gasteiger partial charge in [0.05, 0.1) is 24.2 Å². The Labute approximate surface area is 192 Å². The van der Waals surface area contributed by atoms with Crippen LogP contribution in [-0.2, 0) is 14.8 Å². The number of carbonyl (C=O) groups is 1. The minimum atomic E-state index is -4.18. The molecule has 0 aliphatic rings. The van der Waals surface area contributed by atoms with Crippen LogP contribution in [-0.4, -0.2) is 41.1 Å². The molecule has 0 aromatic heterocycles. The van der Waals surface area contributed by atoms with Gasteiger partial charge in [-0.05, 0) is 55.5 Å². The number of hydrogen-bond donors (Lipinski definition) is 1. The maximum Gasteiger partial charge on any atom is 0.264 e. The van der Waals surface area contributed by atoms with Crippen LogP contribution in [0.2, 0.25) is 0 Å². The molecule has 0 fully saturated rings. The number of aryl methyl sites for hydroxylation is 1. The van der Waals surface area contributed by atoms with Crippen molar-refractivity contribution in [3.63, 3.8) is 0 Å². The Hall–Kier alpha value is -3.59. The van der Waals surface area contributed by atoms with Gasteiger partial charge in [0.15, 0.2) is 0 Å². The fourth-order valence-electron chi connectivity index (χ4n) is 3.01. The number of anilines is 1. The molecule has 1 N–H and O–H groups in total. The number of benzene rings is 3. The van der Waals surface area contributed by atoms with Crippen LogP contribution in [0.3, 0.4) is 0 Å². The molecule has 0 unspecified atom stereocenters. The summed E-state index contributed by atoms with van der Waals surface area (Å²) in [5.41, 5.74) is 0.670. The number of nitrogens with one attached hydrogen (secondary N) is 1. The molecule has 3 rings (SSSR count). The predicted octanol–water partition coefficient (Wildman–Crippen LogP) is 3.53. The van der Waals surface area contributed by atoms with Crippen LogP contribution < -0.4 is 19.1 Å². The molecule has 0 aliphatic carbocycles. The molecule has 1 amide bonds. The highest BCUT2D eigenvalue weighted by Crippen LogP contribution is 2.26. The van der Waals surface area contributed by atoms with Gasteiger partial charge in [0, 0.05) is 0 Å². The van der Waals surface area contributed by atoms with Crippen LogP contribution in [0.15, 0.2) is 77.7 Å². The van der Waals surface area contributed by atoms with E-state index in [-0.39, 0.29) is 23.7 Å². The number of para-hydroxylation sites is 1. The van der Waals surface area contributed by atoms with Crippen molar-refractivity contribution in [3.8, 4) is 11.5 Å². The maximum atomic E-state index is 14.5. The summed E-state index contributed by atoms with van der Waals surface area (Å²) in [6.45, 7) is 1.55. The molecule has 0 radical (unpaired) electrons. The number of halogens is 1. The molecule has 7 nitrogen and oxygen atoms in total. The van der Waals surface area contributed by atoms with Crippen molar-refractivity contribution in [3.05, 3.63) is 84.2 Å². The van der Waals surface area contributed by atoms with Gasteiger partial charge in [-0.15, -0.1) is 0 Å². The quantitative estimate of drug-likeness (QED) is 0.457. The van der Waals surface area contributed by atoms with Gasteiger partial charge in [-0.2, -0.15) is 0 Å². The van der Waals surface area contributed by atoms with Crippen molar-refractivity contribution in [1.29, 1.82) is 0 Å². The number of amides is 1. The van der Waals surface area contributed by atoms with E-state index in [1.807, 2.05) is 6.92 Å². The lowest BCUT2D eigenvalue weighted by Crippen LogP contribution is -2.42. The van der Waals surface area contributed by atoms with E-state index in [0.29, 0.717) is 11.5 Å². The molecule has 9 heteroatoms. The monoisotopic (exact) mass is 472 g/mol. The van der Waals surface area contributed by atoms with Gasteiger partial charge >= 0.3 is 0 Å². The lowest BCUT2D eigenvalue weighted by molar-refractivity contribution is -0.119. The zero-order valence-electron chi connectivity index (χ0n) is 18.3. The Morgan fingerprint density at radius 2 is 1.61 bits per heavy atom. The number of hydrogen-bond acceptors (Lipinski definition) is 5. The first-order valence-electron chi connectivity index (χ1n) is 10.2. The fraction of sp³-hybridized carbons (Fsp3) is 0.208. The Morgan fingerprint density at radius 1 is 0.970 bits per heavy atom. The zero-order valence-corrected chi connectivity index (χ0v) is 19.1. The molecule has 0 spiro atoms.